The molecule has 0 aliphatic heterocycles. The van der Waals surface area contributed by atoms with E-state index in [2.05, 4.69) is 6.92 Å². The van der Waals surface area contributed by atoms with Crippen molar-refractivity contribution in [3.63, 3.8) is 0 Å². The Morgan fingerprint density at radius 3 is 2.53 bits per heavy atom. The molecule has 0 bridgehead atoms. The van der Waals surface area contributed by atoms with Gasteiger partial charge in [-0.05, 0) is 30.7 Å². The minimum Gasteiger partial charge on any atom is -0.494 e. The Bertz CT molecular complexity index is 389. The van der Waals surface area contributed by atoms with Crippen LogP contribution in [0.25, 0.3) is 0 Å². The van der Waals surface area contributed by atoms with Crippen LogP contribution in [0.1, 0.15) is 26.7 Å². The highest BCUT2D eigenvalue weighted by atomic mass is 16.5. The first-order valence-electron chi connectivity index (χ1n) is 6.71. The van der Waals surface area contributed by atoms with Crippen LogP contribution in [0, 0.1) is 5.92 Å². The second-order valence-electron chi connectivity index (χ2n) is 4.82. The van der Waals surface area contributed by atoms with Crippen molar-refractivity contribution in [2.24, 2.45) is 5.92 Å². The molecular weight excluding hydrogens is 242 g/mol. The number of hydrogen-bond acceptors (Lipinski definition) is 3. The maximum Gasteiger partial charge on any atom is 0.308 e. The normalized spacial score (nSPS) is 11.9. The number of hydrogen-bond donors (Lipinski definition) is 1. The quantitative estimate of drug-likeness (QED) is 0.734. The van der Waals surface area contributed by atoms with Gasteiger partial charge in [0.25, 0.3) is 0 Å². The molecule has 1 aromatic carbocycles. The van der Waals surface area contributed by atoms with Crippen molar-refractivity contribution in [2.75, 3.05) is 25.1 Å². The summed E-state index contributed by atoms with van der Waals surface area (Å²) in [5, 5.41) is 8.90. The van der Waals surface area contributed by atoms with Gasteiger partial charge in [-0.1, -0.05) is 20.3 Å². The van der Waals surface area contributed by atoms with Gasteiger partial charge in [0, 0.05) is 19.3 Å². The lowest BCUT2D eigenvalue weighted by Gasteiger charge is -2.21. The third kappa shape index (κ3) is 5.20. The molecule has 0 aliphatic carbocycles. The molecular formula is C15H23NO3. The van der Waals surface area contributed by atoms with Crippen LogP contribution in [-0.2, 0) is 4.79 Å². The van der Waals surface area contributed by atoms with E-state index >= 15 is 0 Å². The van der Waals surface area contributed by atoms with E-state index in [1.807, 2.05) is 36.2 Å². The average Bonchev–Trinajstić information content (AvgIpc) is 2.39. The second-order valence-corrected chi connectivity index (χ2v) is 4.82. The lowest BCUT2D eigenvalue weighted by Crippen LogP contribution is -2.28. The Morgan fingerprint density at radius 2 is 2.00 bits per heavy atom. The Hall–Kier alpha value is -1.71. The highest BCUT2D eigenvalue weighted by Gasteiger charge is 2.13. The average molecular weight is 265 g/mol. The maximum atomic E-state index is 10.8. The zero-order valence-electron chi connectivity index (χ0n) is 11.9. The lowest BCUT2D eigenvalue weighted by atomic mass is 10.1. The van der Waals surface area contributed by atoms with Crippen LogP contribution in [0.15, 0.2) is 24.3 Å². The number of nitrogens with zero attached hydrogens (tertiary/aromatic N) is 1. The number of ether oxygens (including phenoxy) is 1. The van der Waals surface area contributed by atoms with Crippen LogP contribution in [0.3, 0.4) is 0 Å². The number of anilines is 1. The molecule has 1 unspecified atom stereocenters. The van der Waals surface area contributed by atoms with E-state index in [0.717, 1.165) is 30.9 Å². The van der Waals surface area contributed by atoms with Crippen LogP contribution < -0.4 is 9.64 Å². The lowest BCUT2D eigenvalue weighted by molar-refractivity contribution is -0.140. The van der Waals surface area contributed by atoms with Crippen molar-refractivity contribution in [2.45, 2.75) is 26.7 Å². The van der Waals surface area contributed by atoms with E-state index in [1.54, 1.807) is 6.92 Å². The van der Waals surface area contributed by atoms with Gasteiger partial charge in [-0.3, -0.25) is 4.79 Å². The summed E-state index contributed by atoms with van der Waals surface area (Å²) >= 11 is 0. The first-order chi connectivity index (χ1) is 9.04. The Morgan fingerprint density at radius 1 is 1.37 bits per heavy atom. The van der Waals surface area contributed by atoms with Crippen LogP contribution in [0.5, 0.6) is 5.75 Å². The number of benzene rings is 1. The van der Waals surface area contributed by atoms with Crippen molar-refractivity contribution in [1.29, 1.82) is 0 Å². The van der Waals surface area contributed by atoms with E-state index in [0.29, 0.717) is 6.54 Å². The summed E-state index contributed by atoms with van der Waals surface area (Å²) in [6.07, 6.45) is 2.17. The predicted molar refractivity (Wildman–Crippen MR) is 76.9 cm³/mol. The topological polar surface area (TPSA) is 49.8 Å². The summed E-state index contributed by atoms with van der Waals surface area (Å²) in [5.41, 5.74) is 0.996. The molecule has 1 N–H and O–H groups in total. The van der Waals surface area contributed by atoms with Crippen molar-refractivity contribution in [1.82, 2.24) is 0 Å². The number of carbonyl (C=O) groups is 1. The second kappa shape index (κ2) is 7.67. The first kappa shape index (κ1) is 15.3. The van der Waals surface area contributed by atoms with Gasteiger partial charge < -0.3 is 14.7 Å². The van der Waals surface area contributed by atoms with Crippen LogP contribution in [-0.4, -0.2) is 31.3 Å². The number of carboxylic acids is 1. The number of unbranched alkanes of at least 4 members (excludes halogenated alkanes) is 1. The van der Waals surface area contributed by atoms with Gasteiger partial charge in [-0.2, -0.15) is 0 Å². The summed E-state index contributed by atoms with van der Waals surface area (Å²) in [6.45, 7) is 5.07. The number of aliphatic carboxylic acids is 1. The number of rotatable bonds is 8. The third-order valence-corrected chi connectivity index (χ3v) is 3.01. The fourth-order valence-electron chi connectivity index (χ4n) is 1.73. The SMILES string of the molecule is CCCCOc1ccc(N(C)CC(C)C(=O)O)cc1. The van der Waals surface area contributed by atoms with Crippen molar-refractivity contribution >= 4 is 11.7 Å². The van der Waals surface area contributed by atoms with E-state index in [-0.39, 0.29) is 5.92 Å². The smallest absolute Gasteiger partial charge is 0.308 e. The molecule has 4 nitrogen and oxygen atoms in total. The van der Waals surface area contributed by atoms with E-state index in [9.17, 15) is 4.79 Å². The van der Waals surface area contributed by atoms with Crippen molar-refractivity contribution in [3.8, 4) is 5.75 Å². The molecule has 0 heterocycles. The zero-order chi connectivity index (χ0) is 14.3. The molecule has 19 heavy (non-hydrogen) atoms. The van der Waals surface area contributed by atoms with E-state index in [1.165, 1.54) is 0 Å². The maximum absolute atomic E-state index is 10.8. The third-order valence-electron chi connectivity index (χ3n) is 3.01. The molecule has 106 valence electrons. The first-order valence-corrected chi connectivity index (χ1v) is 6.71. The van der Waals surface area contributed by atoms with Gasteiger partial charge in [-0.25, -0.2) is 0 Å². The highest BCUT2D eigenvalue weighted by molar-refractivity contribution is 5.70. The standard InChI is InChI=1S/C15H23NO3/c1-4-5-10-19-14-8-6-13(7-9-14)16(3)11-12(2)15(17)18/h6-9,12H,4-5,10-11H2,1-3H3,(H,17,18). The minimum atomic E-state index is -0.772. The fourth-order valence-corrected chi connectivity index (χ4v) is 1.73. The van der Waals surface area contributed by atoms with Gasteiger partial charge in [-0.15, -0.1) is 0 Å². The van der Waals surface area contributed by atoms with Crippen molar-refractivity contribution in [3.05, 3.63) is 24.3 Å². The van der Waals surface area contributed by atoms with E-state index in [4.69, 9.17) is 9.84 Å². The Kier molecular flexibility index (Phi) is 6.19. The molecule has 1 aromatic rings. The molecule has 0 saturated heterocycles. The van der Waals surface area contributed by atoms with Gasteiger partial charge in [0.05, 0.1) is 12.5 Å². The van der Waals surface area contributed by atoms with Gasteiger partial charge >= 0.3 is 5.97 Å². The molecule has 0 spiro atoms. The van der Waals surface area contributed by atoms with Gasteiger partial charge in [0.15, 0.2) is 0 Å². The van der Waals surface area contributed by atoms with Crippen LogP contribution >= 0.6 is 0 Å². The minimum absolute atomic E-state index is 0.384. The van der Waals surface area contributed by atoms with Crippen LogP contribution in [0.4, 0.5) is 5.69 Å². The predicted octanol–water partition coefficient (Wildman–Crippen LogP) is 3.02. The number of carboxylic acid groups (broad SMARTS) is 1. The highest BCUT2D eigenvalue weighted by Crippen LogP contribution is 2.19. The molecule has 1 atom stereocenters. The zero-order valence-corrected chi connectivity index (χ0v) is 11.9. The van der Waals surface area contributed by atoms with Crippen molar-refractivity contribution < 1.29 is 14.6 Å². The monoisotopic (exact) mass is 265 g/mol. The molecule has 0 aliphatic rings. The fraction of sp³-hybridized carbons (Fsp3) is 0.533. The molecule has 1 rings (SSSR count). The molecule has 0 saturated carbocycles. The Balaban J connectivity index is 2.52. The molecule has 0 fully saturated rings. The van der Waals surface area contributed by atoms with Gasteiger partial charge in [0.1, 0.15) is 5.75 Å². The van der Waals surface area contributed by atoms with E-state index < -0.39 is 5.97 Å². The molecule has 4 heteroatoms. The molecule has 0 amide bonds. The summed E-state index contributed by atoms with van der Waals surface area (Å²) in [7, 11) is 1.90. The molecule has 0 radical (unpaired) electrons. The summed E-state index contributed by atoms with van der Waals surface area (Å²) in [6, 6.07) is 7.76. The summed E-state index contributed by atoms with van der Waals surface area (Å²) < 4.78 is 5.59. The summed E-state index contributed by atoms with van der Waals surface area (Å²) in [5.74, 6) is -0.297. The summed E-state index contributed by atoms with van der Waals surface area (Å²) in [4.78, 5) is 12.8. The molecule has 0 aromatic heterocycles. The van der Waals surface area contributed by atoms with Gasteiger partial charge in [0.2, 0.25) is 0 Å². The largest absolute Gasteiger partial charge is 0.494 e. The Labute approximate surface area is 115 Å². The van der Waals surface area contributed by atoms with Crippen LogP contribution in [0.2, 0.25) is 0 Å².